The van der Waals surface area contributed by atoms with Crippen molar-refractivity contribution in [1.82, 2.24) is 14.4 Å². The molecule has 32 heavy (non-hydrogen) atoms. The lowest BCUT2D eigenvalue weighted by atomic mass is 10.1. The predicted molar refractivity (Wildman–Crippen MR) is 127 cm³/mol. The molecule has 0 fully saturated rings. The number of nitrogens with zero attached hydrogens (tertiary/aromatic N) is 1. The summed E-state index contributed by atoms with van der Waals surface area (Å²) >= 11 is 1.41. The van der Waals surface area contributed by atoms with Gasteiger partial charge >= 0.3 is 0 Å². The van der Waals surface area contributed by atoms with Crippen LogP contribution in [0.1, 0.15) is 11.6 Å². The predicted octanol–water partition coefficient (Wildman–Crippen LogP) is 3.54. The molecule has 0 aliphatic rings. The number of aromatic nitrogens is 1. The average Bonchev–Trinajstić information content (AvgIpc) is 3.24. The molecule has 0 bridgehead atoms. The van der Waals surface area contributed by atoms with Crippen molar-refractivity contribution in [3.05, 3.63) is 90.5 Å². The van der Waals surface area contributed by atoms with Gasteiger partial charge in [-0.3, -0.25) is 4.79 Å². The van der Waals surface area contributed by atoms with E-state index in [2.05, 4.69) is 19.7 Å². The molecule has 0 radical (unpaired) electrons. The summed E-state index contributed by atoms with van der Waals surface area (Å²) in [6, 6.07) is 23.6. The number of carbonyl (C=O) groups excluding carboxylic acids is 1. The van der Waals surface area contributed by atoms with Crippen LogP contribution in [0, 0.1) is 0 Å². The highest BCUT2D eigenvalue weighted by Gasteiger charge is 2.26. The van der Waals surface area contributed by atoms with Crippen molar-refractivity contribution in [2.75, 3.05) is 18.4 Å². The number of hydrogen-bond donors (Lipinski definition) is 3. The maximum Gasteiger partial charge on any atom is 0.242 e. The summed E-state index contributed by atoms with van der Waals surface area (Å²) in [7, 11) is -3.88. The summed E-state index contributed by atoms with van der Waals surface area (Å²) in [6.45, 7) is 0.757. The van der Waals surface area contributed by atoms with Crippen molar-refractivity contribution >= 4 is 43.4 Å². The quantitative estimate of drug-likeness (QED) is 0.328. The van der Waals surface area contributed by atoms with Crippen LogP contribution in [0.15, 0.2) is 89.8 Å². The van der Waals surface area contributed by atoms with E-state index in [1.165, 1.54) is 23.7 Å². The minimum Gasteiger partial charge on any atom is -0.367 e. The molecule has 0 aliphatic carbocycles. The van der Waals surface area contributed by atoms with Crippen molar-refractivity contribution in [2.24, 2.45) is 0 Å². The van der Waals surface area contributed by atoms with Gasteiger partial charge in [0.2, 0.25) is 15.9 Å². The van der Waals surface area contributed by atoms with Gasteiger partial charge in [-0.1, -0.05) is 60.7 Å². The number of sulfonamides is 1. The molecule has 1 heterocycles. The zero-order valence-electron chi connectivity index (χ0n) is 17.1. The van der Waals surface area contributed by atoms with E-state index in [0.29, 0.717) is 18.7 Å². The molecule has 7 nitrogen and oxygen atoms in total. The van der Waals surface area contributed by atoms with Crippen LogP contribution in [0.25, 0.3) is 10.1 Å². The van der Waals surface area contributed by atoms with Crippen LogP contribution in [-0.2, 0) is 14.8 Å². The summed E-state index contributed by atoms with van der Waals surface area (Å²) in [6.07, 6.45) is 0. The third kappa shape index (κ3) is 5.13. The Kier molecular flexibility index (Phi) is 6.79. The van der Waals surface area contributed by atoms with Crippen LogP contribution >= 0.6 is 11.5 Å². The van der Waals surface area contributed by atoms with E-state index in [4.69, 9.17) is 0 Å². The Morgan fingerprint density at radius 3 is 2.28 bits per heavy atom. The number of fused-ring (bicyclic) bond motifs is 1. The first-order chi connectivity index (χ1) is 15.5. The lowest BCUT2D eigenvalue weighted by molar-refractivity contribution is -0.122. The van der Waals surface area contributed by atoms with Gasteiger partial charge in [0.1, 0.15) is 11.9 Å². The minimum atomic E-state index is -3.88. The second kappa shape index (κ2) is 9.90. The molecule has 1 aromatic heterocycles. The van der Waals surface area contributed by atoms with E-state index in [9.17, 15) is 13.2 Å². The van der Waals surface area contributed by atoms with Crippen molar-refractivity contribution < 1.29 is 13.2 Å². The molecule has 4 aromatic rings. The van der Waals surface area contributed by atoms with E-state index < -0.39 is 22.0 Å². The normalized spacial score (nSPS) is 12.4. The van der Waals surface area contributed by atoms with Crippen LogP contribution in [0.3, 0.4) is 0 Å². The summed E-state index contributed by atoms with van der Waals surface area (Å²) < 4.78 is 33.7. The molecule has 4 rings (SSSR count). The highest BCUT2D eigenvalue weighted by atomic mass is 32.2. The number of anilines is 1. The SMILES string of the molecule is O=C(NCCNc1nsc2ccccc12)C(NS(=O)(=O)c1ccccc1)c1ccccc1. The second-order valence-electron chi connectivity index (χ2n) is 7.02. The maximum atomic E-state index is 12.9. The van der Waals surface area contributed by atoms with Gasteiger partial charge in [-0.05, 0) is 41.4 Å². The molecule has 3 N–H and O–H groups in total. The number of rotatable bonds is 9. The van der Waals surface area contributed by atoms with Crippen LogP contribution in [0.2, 0.25) is 0 Å². The fourth-order valence-electron chi connectivity index (χ4n) is 3.22. The van der Waals surface area contributed by atoms with Gasteiger partial charge in [-0.25, -0.2) is 8.42 Å². The first kappa shape index (κ1) is 21.9. The Hall–Kier alpha value is -3.27. The zero-order valence-corrected chi connectivity index (χ0v) is 18.7. The number of nitrogens with one attached hydrogen (secondary N) is 3. The highest BCUT2D eigenvalue weighted by molar-refractivity contribution is 7.89. The van der Waals surface area contributed by atoms with E-state index in [1.54, 1.807) is 42.5 Å². The first-order valence-corrected chi connectivity index (χ1v) is 12.3. The average molecular weight is 467 g/mol. The second-order valence-corrected chi connectivity index (χ2v) is 9.54. The molecular formula is C23H22N4O3S2. The monoisotopic (exact) mass is 466 g/mol. The first-order valence-electron chi connectivity index (χ1n) is 10.0. The summed E-state index contributed by atoms with van der Waals surface area (Å²) in [5, 5.41) is 7.06. The third-order valence-corrected chi connectivity index (χ3v) is 7.08. The van der Waals surface area contributed by atoms with Gasteiger partial charge in [0.05, 0.1) is 9.60 Å². The van der Waals surface area contributed by atoms with Crippen molar-refractivity contribution in [2.45, 2.75) is 10.9 Å². The largest absolute Gasteiger partial charge is 0.367 e. The Balaban J connectivity index is 1.42. The highest BCUT2D eigenvalue weighted by Crippen LogP contribution is 2.25. The number of carbonyl (C=O) groups is 1. The van der Waals surface area contributed by atoms with Gasteiger partial charge in [0.25, 0.3) is 0 Å². The van der Waals surface area contributed by atoms with Crippen LogP contribution < -0.4 is 15.4 Å². The smallest absolute Gasteiger partial charge is 0.242 e. The number of benzene rings is 3. The van der Waals surface area contributed by atoms with Crippen molar-refractivity contribution in [3.8, 4) is 0 Å². The molecule has 0 saturated heterocycles. The summed E-state index contributed by atoms with van der Waals surface area (Å²) in [5.74, 6) is 0.338. The Labute approximate surface area is 190 Å². The number of hydrogen-bond acceptors (Lipinski definition) is 6. The molecule has 1 atom stereocenters. The van der Waals surface area contributed by atoms with Gasteiger partial charge in [0.15, 0.2) is 0 Å². The molecule has 0 aliphatic heterocycles. The maximum absolute atomic E-state index is 12.9. The Morgan fingerprint density at radius 2 is 1.53 bits per heavy atom. The Bertz CT molecular complexity index is 1290. The van der Waals surface area contributed by atoms with Crippen LogP contribution in [-0.4, -0.2) is 31.8 Å². The van der Waals surface area contributed by atoms with Gasteiger partial charge in [-0.2, -0.15) is 9.10 Å². The lowest BCUT2D eigenvalue weighted by Gasteiger charge is -2.19. The number of amides is 1. The molecule has 0 saturated carbocycles. The topological polar surface area (TPSA) is 100 Å². The molecule has 164 valence electrons. The Morgan fingerprint density at radius 1 is 0.875 bits per heavy atom. The van der Waals surface area contributed by atoms with E-state index >= 15 is 0 Å². The molecule has 0 spiro atoms. The standard InChI is InChI=1S/C23H22N4O3S2/c28-23(25-16-15-24-22-19-13-7-8-14-20(19)31-26-22)21(17-9-3-1-4-10-17)27-32(29,30)18-11-5-2-6-12-18/h1-14,21,27H,15-16H2,(H,24,26)(H,25,28). The third-order valence-electron chi connectivity index (χ3n) is 4.82. The fraction of sp³-hybridized carbons (Fsp3) is 0.130. The minimum absolute atomic E-state index is 0.103. The van der Waals surface area contributed by atoms with Gasteiger partial charge in [0, 0.05) is 18.5 Å². The molecular weight excluding hydrogens is 444 g/mol. The van der Waals surface area contributed by atoms with Crippen LogP contribution in [0.5, 0.6) is 0 Å². The van der Waals surface area contributed by atoms with Gasteiger partial charge < -0.3 is 10.6 Å². The van der Waals surface area contributed by atoms with Crippen molar-refractivity contribution in [1.29, 1.82) is 0 Å². The van der Waals surface area contributed by atoms with E-state index in [-0.39, 0.29) is 4.90 Å². The lowest BCUT2D eigenvalue weighted by Crippen LogP contribution is -2.41. The van der Waals surface area contributed by atoms with Gasteiger partial charge in [-0.15, -0.1) is 0 Å². The van der Waals surface area contributed by atoms with Crippen molar-refractivity contribution in [3.63, 3.8) is 0 Å². The fourth-order valence-corrected chi connectivity index (χ4v) is 5.18. The summed E-state index contributed by atoms with van der Waals surface area (Å²) in [5.41, 5.74) is 0.558. The zero-order chi connectivity index (χ0) is 22.4. The summed E-state index contributed by atoms with van der Waals surface area (Å²) in [4.78, 5) is 13.0. The molecule has 1 amide bonds. The van der Waals surface area contributed by atoms with E-state index in [0.717, 1.165) is 15.9 Å². The molecule has 9 heteroatoms. The molecule has 3 aromatic carbocycles. The van der Waals surface area contributed by atoms with Crippen LogP contribution in [0.4, 0.5) is 5.82 Å². The van der Waals surface area contributed by atoms with E-state index in [1.807, 2.05) is 30.3 Å². The molecule has 1 unspecified atom stereocenters.